The summed E-state index contributed by atoms with van der Waals surface area (Å²) >= 11 is 0. The Bertz CT molecular complexity index is 574. The number of hydrogen-bond acceptors (Lipinski definition) is 4. The molecule has 6 nitrogen and oxygen atoms in total. The van der Waals surface area contributed by atoms with E-state index in [9.17, 15) is 13.2 Å². The van der Waals surface area contributed by atoms with Crippen molar-refractivity contribution in [1.29, 1.82) is 0 Å². The fourth-order valence-corrected chi connectivity index (χ4v) is 3.22. The molecule has 7 heteroatoms. The van der Waals surface area contributed by atoms with Gasteiger partial charge in [-0.25, -0.2) is 18.2 Å². The highest BCUT2D eigenvalue weighted by Crippen LogP contribution is 2.18. The second kappa shape index (κ2) is 7.02. The van der Waals surface area contributed by atoms with E-state index in [-0.39, 0.29) is 25.0 Å². The number of sulfonamides is 1. The summed E-state index contributed by atoms with van der Waals surface area (Å²) in [6.45, 7) is 0.988. The molecule has 0 radical (unpaired) electrons. The minimum Gasteiger partial charge on any atom is -0.272 e. The van der Waals surface area contributed by atoms with Crippen molar-refractivity contribution in [3.8, 4) is 0 Å². The Morgan fingerprint density at radius 3 is 2.76 bits per heavy atom. The van der Waals surface area contributed by atoms with E-state index in [1.54, 1.807) is 0 Å². The number of carbonyl (C=O) groups excluding carboxylic acids is 1. The SMILES string of the molecule is CS(=O)(=O)N1CCCC(C(=O)NOCc2ccccc2)C1. The van der Waals surface area contributed by atoms with E-state index in [2.05, 4.69) is 5.48 Å². The summed E-state index contributed by atoms with van der Waals surface area (Å²) in [5.74, 6) is -0.622. The summed E-state index contributed by atoms with van der Waals surface area (Å²) in [7, 11) is -3.24. The van der Waals surface area contributed by atoms with E-state index < -0.39 is 10.0 Å². The van der Waals surface area contributed by atoms with Crippen molar-refractivity contribution in [2.75, 3.05) is 19.3 Å². The molecule has 1 N–H and O–H groups in total. The lowest BCUT2D eigenvalue weighted by molar-refractivity contribution is -0.139. The molecule has 1 aromatic rings. The van der Waals surface area contributed by atoms with Gasteiger partial charge in [0.2, 0.25) is 15.9 Å². The standard InChI is InChI=1S/C14H20N2O4S/c1-21(18,19)16-9-5-8-13(10-16)14(17)15-20-11-12-6-3-2-4-7-12/h2-4,6-7,13H,5,8-11H2,1H3,(H,15,17). The number of amides is 1. The van der Waals surface area contributed by atoms with Gasteiger partial charge in [-0.3, -0.25) is 9.63 Å². The Hall–Kier alpha value is -1.44. The molecule has 1 heterocycles. The highest BCUT2D eigenvalue weighted by Gasteiger charge is 2.30. The molecule has 0 saturated carbocycles. The second-order valence-corrected chi connectivity index (χ2v) is 7.18. The van der Waals surface area contributed by atoms with Gasteiger partial charge in [-0.1, -0.05) is 30.3 Å². The zero-order valence-corrected chi connectivity index (χ0v) is 12.8. The molecular weight excluding hydrogens is 292 g/mol. The smallest absolute Gasteiger partial charge is 0.247 e. The molecule has 1 saturated heterocycles. The van der Waals surface area contributed by atoms with Crippen molar-refractivity contribution in [2.45, 2.75) is 19.4 Å². The molecule has 0 bridgehead atoms. The van der Waals surface area contributed by atoms with Gasteiger partial charge in [0.15, 0.2) is 0 Å². The zero-order valence-electron chi connectivity index (χ0n) is 12.0. The number of carbonyl (C=O) groups is 1. The normalized spacial score (nSPS) is 20.1. The number of rotatable bonds is 5. The van der Waals surface area contributed by atoms with Crippen molar-refractivity contribution >= 4 is 15.9 Å². The largest absolute Gasteiger partial charge is 0.272 e. The summed E-state index contributed by atoms with van der Waals surface area (Å²) in [6.07, 6.45) is 2.52. The number of nitrogens with zero attached hydrogens (tertiary/aromatic N) is 1. The van der Waals surface area contributed by atoms with Crippen LogP contribution in [0.5, 0.6) is 0 Å². The Labute approximate surface area is 125 Å². The third-order valence-electron chi connectivity index (χ3n) is 3.48. The maximum Gasteiger partial charge on any atom is 0.247 e. The topological polar surface area (TPSA) is 75.7 Å². The first-order valence-corrected chi connectivity index (χ1v) is 8.72. The van der Waals surface area contributed by atoms with Crippen LogP contribution in [-0.2, 0) is 26.3 Å². The van der Waals surface area contributed by atoms with Gasteiger partial charge in [0.1, 0.15) is 0 Å². The van der Waals surface area contributed by atoms with Crippen molar-refractivity contribution in [1.82, 2.24) is 9.79 Å². The van der Waals surface area contributed by atoms with Crippen LogP contribution in [0.4, 0.5) is 0 Å². The molecular formula is C14H20N2O4S. The third-order valence-corrected chi connectivity index (χ3v) is 4.75. The number of piperidine rings is 1. The molecule has 0 aliphatic carbocycles. The maximum atomic E-state index is 12.0. The molecule has 0 aromatic heterocycles. The van der Waals surface area contributed by atoms with Gasteiger partial charge in [-0.15, -0.1) is 0 Å². The first-order chi connectivity index (χ1) is 9.97. The summed E-state index contributed by atoms with van der Waals surface area (Å²) in [6, 6.07) is 9.50. The Balaban J connectivity index is 1.80. The van der Waals surface area contributed by atoms with Gasteiger partial charge in [0.05, 0.1) is 18.8 Å². The van der Waals surface area contributed by atoms with Gasteiger partial charge in [-0.05, 0) is 18.4 Å². The van der Waals surface area contributed by atoms with E-state index in [0.29, 0.717) is 19.4 Å². The highest BCUT2D eigenvalue weighted by molar-refractivity contribution is 7.88. The number of hydroxylamine groups is 1. The average Bonchev–Trinajstić information content (AvgIpc) is 2.47. The fourth-order valence-electron chi connectivity index (χ4n) is 2.31. The van der Waals surface area contributed by atoms with Gasteiger partial charge in [-0.2, -0.15) is 0 Å². The van der Waals surface area contributed by atoms with Crippen molar-refractivity contribution in [3.63, 3.8) is 0 Å². The molecule has 116 valence electrons. The van der Waals surface area contributed by atoms with E-state index >= 15 is 0 Å². The Morgan fingerprint density at radius 2 is 2.10 bits per heavy atom. The van der Waals surface area contributed by atoms with Crippen molar-refractivity contribution in [2.24, 2.45) is 5.92 Å². The molecule has 1 atom stereocenters. The predicted octanol–water partition coefficient (Wildman–Crippen LogP) is 0.906. The van der Waals surface area contributed by atoms with Crippen LogP contribution in [-0.4, -0.2) is 38.0 Å². The first-order valence-electron chi connectivity index (χ1n) is 6.87. The fraction of sp³-hybridized carbons (Fsp3) is 0.500. The number of nitrogens with one attached hydrogen (secondary N) is 1. The molecule has 1 fully saturated rings. The summed E-state index contributed by atoms with van der Waals surface area (Å²) in [4.78, 5) is 17.2. The molecule has 1 unspecified atom stereocenters. The quantitative estimate of drug-likeness (QED) is 0.820. The summed E-state index contributed by atoms with van der Waals surface area (Å²) < 4.78 is 24.4. The van der Waals surface area contributed by atoms with Gasteiger partial charge in [0.25, 0.3) is 0 Å². The Kier molecular flexibility index (Phi) is 5.33. The summed E-state index contributed by atoms with van der Waals surface area (Å²) in [5, 5.41) is 0. The molecule has 0 spiro atoms. The number of benzene rings is 1. The maximum absolute atomic E-state index is 12.0. The van der Waals surface area contributed by atoms with Gasteiger partial charge in [0, 0.05) is 13.1 Å². The third kappa shape index (κ3) is 4.80. The van der Waals surface area contributed by atoms with E-state index in [1.807, 2.05) is 30.3 Å². The van der Waals surface area contributed by atoms with Gasteiger partial charge < -0.3 is 0 Å². The average molecular weight is 312 g/mol. The van der Waals surface area contributed by atoms with Gasteiger partial charge >= 0.3 is 0 Å². The van der Waals surface area contributed by atoms with E-state index in [0.717, 1.165) is 5.56 Å². The Morgan fingerprint density at radius 1 is 1.38 bits per heavy atom. The van der Waals surface area contributed by atoms with Crippen LogP contribution in [0.15, 0.2) is 30.3 Å². The van der Waals surface area contributed by atoms with Crippen LogP contribution in [0, 0.1) is 5.92 Å². The van der Waals surface area contributed by atoms with Crippen LogP contribution in [0.1, 0.15) is 18.4 Å². The molecule has 1 aromatic carbocycles. The van der Waals surface area contributed by atoms with Crippen molar-refractivity contribution < 1.29 is 18.0 Å². The lowest BCUT2D eigenvalue weighted by Gasteiger charge is -2.29. The molecule has 21 heavy (non-hydrogen) atoms. The van der Waals surface area contributed by atoms with E-state index in [1.165, 1.54) is 10.6 Å². The monoisotopic (exact) mass is 312 g/mol. The highest BCUT2D eigenvalue weighted by atomic mass is 32.2. The number of hydrogen-bond donors (Lipinski definition) is 1. The van der Waals surface area contributed by atoms with E-state index in [4.69, 9.17) is 4.84 Å². The van der Waals surface area contributed by atoms with Crippen LogP contribution in [0.25, 0.3) is 0 Å². The lowest BCUT2D eigenvalue weighted by Crippen LogP contribution is -2.45. The molecule has 1 aliphatic rings. The minimum atomic E-state index is -3.24. The van der Waals surface area contributed by atoms with Crippen LogP contribution < -0.4 is 5.48 Å². The zero-order chi connectivity index (χ0) is 15.3. The van der Waals surface area contributed by atoms with Crippen molar-refractivity contribution in [3.05, 3.63) is 35.9 Å². The second-order valence-electron chi connectivity index (χ2n) is 5.20. The first kappa shape index (κ1) is 15.9. The molecule has 1 amide bonds. The minimum absolute atomic E-state index is 0.222. The lowest BCUT2D eigenvalue weighted by atomic mass is 9.99. The molecule has 1 aliphatic heterocycles. The predicted molar refractivity (Wildman–Crippen MR) is 78.5 cm³/mol. The molecule has 2 rings (SSSR count). The van der Waals surface area contributed by atoms with Crippen LogP contribution in [0.2, 0.25) is 0 Å². The summed E-state index contributed by atoms with van der Waals surface area (Å²) in [5.41, 5.74) is 3.37. The van der Waals surface area contributed by atoms with Crippen LogP contribution >= 0.6 is 0 Å². The van der Waals surface area contributed by atoms with Crippen LogP contribution in [0.3, 0.4) is 0 Å².